The van der Waals surface area contributed by atoms with Gasteiger partial charge in [-0.25, -0.2) is 14.4 Å². The predicted molar refractivity (Wildman–Crippen MR) is 124 cm³/mol. The van der Waals surface area contributed by atoms with Crippen molar-refractivity contribution in [2.24, 2.45) is 17.8 Å². The normalized spacial score (nSPS) is 22.5. The summed E-state index contributed by atoms with van der Waals surface area (Å²) in [6, 6.07) is 6.33. The number of hydrogen-bond acceptors (Lipinski definition) is 6. The fraction of sp³-hybridized carbons (Fsp3) is 0.417. The van der Waals surface area contributed by atoms with Crippen LogP contribution in [-0.4, -0.2) is 48.7 Å². The summed E-state index contributed by atoms with van der Waals surface area (Å²) < 4.78 is 26.2. The smallest absolute Gasteiger partial charge is 0.247 e. The molecule has 0 spiro atoms. The van der Waals surface area contributed by atoms with Crippen LogP contribution in [0.4, 0.5) is 15.9 Å². The number of likely N-dealkylation sites (tertiary alicyclic amines) is 1. The molecule has 174 valence electrons. The minimum Gasteiger partial charge on any atom is -0.493 e. The molecule has 2 heterocycles. The fourth-order valence-electron chi connectivity index (χ4n) is 5.19. The first-order chi connectivity index (χ1) is 15.9. The van der Waals surface area contributed by atoms with E-state index in [9.17, 15) is 4.39 Å². The Balaban J connectivity index is 1.37. The Hall–Kier alpha value is -2.35. The van der Waals surface area contributed by atoms with E-state index in [1.807, 2.05) is 12.1 Å². The van der Waals surface area contributed by atoms with Crippen LogP contribution in [0.3, 0.4) is 0 Å². The van der Waals surface area contributed by atoms with Crippen LogP contribution in [0.1, 0.15) is 12.8 Å². The molecule has 2 aromatic carbocycles. The average Bonchev–Trinajstić information content (AvgIpc) is 3.32. The molecule has 1 unspecified atom stereocenters. The van der Waals surface area contributed by atoms with Crippen molar-refractivity contribution in [1.29, 1.82) is 0 Å². The van der Waals surface area contributed by atoms with Crippen LogP contribution in [0.15, 0.2) is 30.6 Å². The first-order valence-corrected chi connectivity index (χ1v) is 11.8. The molecule has 0 amide bonds. The molecule has 9 heteroatoms. The maximum atomic E-state index is 14.4. The van der Waals surface area contributed by atoms with Crippen LogP contribution in [0.25, 0.3) is 10.9 Å². The Morgan fingerprint density at radius 3 is 2.64 bits per heavy atom. The zero-order valence-electron chi connectivity index (χ0n) is 18.5. The number of ether oxygens (including phenoxy) is 2. The lowest BCUT2D eigenvalue weighted by atomic mass is 10.0. The van der Waals surface area contributed by atoms with Crippen LogP contribution in [0, 0.1) is 35.2 Å². The van der Waals surface area contributed by atoms with Gasteiger partial charge in [0.1, 0.15) is 17.2 Å². The van der Waals surface area contributed by atoms with Gasteiger partial charge in [0, 0.05) is 30.6 Å². The highest BCUT2D eigenvalue weighted by atomic mass is 35.5. The molecule has 1 N–H and O–H groups in total. The minimum absolute atomic E-state index is 0.185. The van der Waals surface area contributed by atoms with Crippen molar-refractivity contribution in [3.8, 4) is 11.5 Å². The average molecular weight is 492 g/mol. The molecule has 1 saturated carbocycles. The van der Waals surface area contributed by atoms with Crippen LogP contribution in [0.5, 0.6) is 11.5 Å². The first-order valence-electron chi connectivity index (χ1n) is 11.0. The lowest BCUT2D eigenvalue weighted by Crippen LogP contribution is -2.18. The molecule has 3 aromatic rings. The van der Waals surface area contributed by atoms with Crippen molar-refractivity contribution < 1.29 is 25.5 Å². The second-order valence-electron chi connectivity index (χ2n) is 9.02. The van der Waals surface area contributed by atoms with Gasteiger partial charge in [-0.15, -0.1) is 0 Å². The first kappa shape index (κ1) is 22.4. The quantitative estimate of drug-likeness (QED) is 0.498. The zero-order chi connectivity index (χ0) is 23.1. The topological polar surface area (TPSA) is 59.5 Å². The van der Waals surface area contributed by atoms with Crippen LogP contribution in [0.2, 0.25) is 10.0 Å². The number of anilines is 2. The summed E-state index contributed by atoms with van der Waals surface area (Å²) >= 11 is 11.1. The number of methoxy groups -OCH3 is 1. The summed E-state index contributed by atoms with van der Waals surface area (Å²) in [5.41, 5.74) is 0.852. The number of nitrogens with one attached hydrogen (secondary N) is 1. The van der Waals surface area contributed by atoms with Crippen molar-refractivity contribution in [2.45, 2.75) is 12.8 Å². The highest BCUT2D eigenvalue weighted by Gasteiger charge is 2.39. The number of nitrogens with zero attached hydrogens (tertiary/aromatic N) is 3. The summed E-state index contributed by atoms with van der Waals surface area (Å²) in [4.78, 5) is 11.1. The Bertz CT molecular complexity index is 1180. The number of hydrogen-bond donors (Lipinski definition) is 1. The highest BCUT2D eigenvalue weighted by molar-refractivity contribution is 6.31. The molecular weight excluding hydrogens is 466 g/mol. The number of fused-ring (bicyclic) bond motifs is 2. The molecule has 2 aliphatic rings. The molecule has 2 fully saturated rings. The summed E-state index contributed by atoms with van der Waals surface area (Å²) in [5, 5.41) is 4.23. The molecule has 33 heavy (non-hydrogen) atoms. The standard InChI is InChI=1S/C24H26Cl2FN4O2/c1-31-9-14-3-13(4-15(14)10-31)11-33-23-8-20-16(5-22(23)32-2)24(29-12-28-20)30-21-7-18(26)17(25)6-19(21)27/h5-8,12-15,25H,3-4,9-11H2,1-2H3,(H,28,29,30)/q+1/t13?,14-,15+. The monoisotopic (exact) mass is 491 g/mol. The van der Waals surface area contributed by atoms with E-state index in [-0.39, 0.29) is 10.7 Å². The maximum Gasteiger partial charge on any atom is 0.247 e. The highest BCUT2D eigenvalue weighted by Crippen LogP contribution is 2.42. The van der Waals surface area contributed by atoms with Gasteiger partial charge < -0.3 is 19.7 Å². The molecule has 1 aromatic heterocycles. The van der Waals surface area contributed by atoms with E-state index < -0.39 is 5.82 Å². The second-order valence-corrected chi connectivity index (χ2v) is 9.87. The van der Waals surface area contributed by atoms with E-state index >= 15 is 0 Å². The lowest BCUT2D eigenvalue weighted by molar-refractivity contribution is -0.288. The van der Waals surface area contributed by atoms with E-state index in [1.54, 1.807) is 7.11 Å². The lowest BCUT2D eigenvalue weighted by Gasteiger charge is -2.17. The molecule has 6 nitrogen and oxygen atoms in total. The summed E-state index contributed by atoms with van der Waals surface area (Å²) in [5.74, 6) is 3.28. The molecule has 5 rings (SSSR count). The second kappa shape index (κ2) is 9.12. The number of halogens is 3. The van der Waals surface area contributed by atoms with Crippen molar-refractivity contribution in [3.63, 3.8) is 0 Å². The van der Waals surface area contributed by atoms with Gasteiger partial charge in [-0.2, -0.15) is 0 Å². The van der Waals surface area contributed by atoms with E-state index in [4.69, 9.17) is 32.7 Å². The van der Waals surface area contributed by atoms with Gasteiger partial charge in [0.05, 0.1) is 24.9 Å². The van der Waals surface area contributed by atoms with Crippen molar-refractivity contribution in [2.75, 3.05) is 39.2 Å². The molecule has 1 saturated heterocycles. The number of rotatable bonds is 6. The molecule has 0 radical (unpaired) electrons. The Labute approximate surface area is 202 Å². The maximum absolute atomic E-state index is 14.4. The van der Waals surface area contributed by atoms with Gasteiger partial charge in [-0.05, 0) is 49.8 Å². The largest absolute Gasteiger partial charge is 0.493 e. The zero-order valence-corrected chi connectivity index (χ0v) is 20.0. The van der Waals surface area contributed by atoms with Crippen LogP contribution in [-0.2, 0) is 0 Å². The molecule has 1 aliphatic carbocycles. The molecule has 0 bridgehead atoms. The summed E-state index contributed by atoms with van der Waals surface area (Å²) in [6.07, 6.45) is 3.84. The molecule has 3 atom stereocenters. The van der Waals surface area contributed by atoms with Crippen molar-refractivity contribution >= 4 is 34.0 Å². The third kappa shape index (κ3) is 4.54. The molecule has 1 aliphatic heterocycles. The Morgan fingerprint density at radius 2 is 1.91 bits per heavy atom. The summed E-state index contributed by atoms with van der Waals surface area (Å²) in [7, 11) is 3.80. The third-order valence-electron chi connectivity index (χ3n) is 6.70. The van der Waals surface area contributed by atoms with Crippen LogP contribution < -0.4 is 14.8 Å². The van der Waals surface area contributed by atoms with Crippen molar-refractivity contribution in [3.05, 3.63) is 46.5 Å². The summed E-state index contributed by atoms with van der Waals surface area (Å²) in [6.45, 7) is 3.04. The number of benzene rings is 2. The van der Waals surface area contributed by atoms with Gasteiger partial charge >= 0.3 is 0 Å². The van der Waals surface area contributed by atoms with E-state index in [1.165, 1.54) is 44.4 Å². The van der Waals surface area contributed by atoms with E-state index in [2.05, 4.69) is 27.2 Å². The Kier molecular flexibility index (Phi) is 6.20. The van der Waals surface area contributed by atoms with Gasteiger partial charge in [0.2, 0.25) is 5.02 Å². The van der Waals surface area contributed by atoms with Gasteiger partial charge in [0.25, 0.3) is 0 Å². The van der Waals surface area contributed by atoms with E-state index in [0.717, 1.165) is 11.8 Å². The van der Waals surface area contributed by atoms with Crippen LogP contribution >= 0.6 is 11.6 Å². The third-order valence-corrected chi connectivity index (χ3v) is 7.46. The number of aromatic nitrogens is 2. The van der Waals surface area contributed by atoms with Gasteiger partial charge in [-0.3, -0.25) is 0 Å². The Morgan fingerprint density at radius 1 is 1.15 bits per heavy atom. The molecular formula is C24H26Cl2FN4O2+. The van der Waals surface area contributed by atoms with Gasteiger partial charge in [-0.1, -0.05) is 11.6 Å². The van der Waals surface area contributed by atoms with E-state index in [0.29, 0.717) is 45.8 Å². The van der Waals surface area contributed by atoms with Crippen molar-refractivity contribution in [1.82, 2.24) is 14.9 Å². The minimum atomic E-state index is -0.504. The fourth-order valence-corrected chi connectivity index (χ4v) is 5.52. The predicted octanol–water partition coefficient (Wildman–Crippen LogP) is 4.84. The van der Waals surface area contributed by atoms with Gasteiger partial charge in [0.15, 0.2) is 28.9 Å². The SMILES string of the molecule is COc1cc2c(Nc3cc(Cl)c([ClH+])cc3F)ncnc2cc1OCC1C[C@@H]2CN(C)C[C@@H]2C1.